The number of allylic oxidation sites excluding steroid dienone is 1. The molecule has 24 heavy (non-hydrogen) atoms. The van der Waals surface area contributed by atoms with Crippen LogP contribution in [0, 0.1) is 0 Å². The first-order valence-electron chi connectivity index (χ1n) is 7.31. The number of nitrogens with two attached hydrogens (primary N) is 1. The summed E-state index contributed by atoms with van der Waals surface area (Å²) in [5.74, 6) is -0.726. The monoisotopic (exact) mass is 411 g/mol. The smallest absolute Gasteiger partial charge is 0.338 e. The van der Waals surface area contributed by atoms with Gasteiger partial charge in [-0.05, 0) is 31.5 Å². The van der Waals surface area contributed by atoms with Gasteiger partial charge >= 0.3 is 5.97 Å². The maximum Gasteiger partial charge on any atom is 0.338 e. The number of halogens is 1. The first kappa shape index (κ1) is 18.5. The third kappa shape index (κ3) is 4.61. The molecule has 1 amide bonds. The van der Waals surface area contributed by atoms with Gasteiger partial charge in [0.2, 0.25) is 5.91 Å². The molecule has 1 heterocycles. The second kappa shape index (κ2) is 8.34. The molecule has 0 bridgehead atoms. The third-order valence-electron chi connectivity index (χ3n) is 3.23. The number of thioether (sulfide) groups is 1. The van der Waals surface area contributed by atoms with Crippen LogP contribution in [0.15, 0.2) is 45.0 Å². The lowest BCUT2D eigenvalue weighted by Crippen LogP contribution is -2.31. The summed E-state index contributed by atoms with van der Waals surface area (Å²) in [4.78, 5) is 28.0. The minimum Gasteiger partial charge on any atom is -0.463 e. The summed E-state index contributed by atoms with van der Waals surface area (Å²) in [6.07, 6.45) is 0. The Morgan fingerprint density at radius 3 is 2.83 bits per heavy atom. The van der Waals surface area contributed by atoms with E-state index >= 15 is 0 Å². The van der Waals surface area contributed by atoms with Crippen LogP contribution in [0.4, 0.5) is 0 Å². The van der Waals surface area contributed by atoms with Crippen molar-refractivity contribution >= 4 is 44.7 Å². The first-order valence-corrected chi connectivity index (χ1v) is 9.09. The second-order valence-corrected chi connectivity index (χ2v) is 6.91. The van der Waals surface area contributed by atoms with E-state index in [0.717, 1.165) is 10.0 Å². The average Bonchev–Trinajstić information content (AvgIpc) is 2.52. The minimum absolute atomic E-state index is 0.110. The summed E-state index contributed by atoms with van der Waals surface area (Å²) in [7, 11) is 0. The fourth-order valence-electron chi connectivity index (χ4n) is 2.25. The van der Waals surface area contributed by atoms with Crippen LogP contribution in [-0.2, 0) is 14.3 Å². The molecule has 0 saturated carbocycles. The van der Waals surface area contributed by atoms with E-state index in [1.54, 1.807) is 13.8 Å². The Morgan fingerprint density at radius 2 is 2.21 bits per heavy atom. The van der Waals surface area contributed by atoms with E-state index in [2.05, 4.69) is 26.2 Å². The maximum absolute atomic E-state index is 12.4. The molecular formula is C16H18BrN3O3S. The molecule has 3 N–H and O–H groups in total. The zero-order valence-electron chi connectivity index (χ0n) is 13.3. The topological polar surface area (TPSA) is 93.8 Å². The number of primary amides is 1. The lowest BCUT2D eigenvalue weighted by molar-refractivity contribution is -0.139. The van der Waals surface area contributed by atoms with E-state index < -0.39 is 17.9 Å². The number of benzene rings is 1. The van der Waals surface area contributed by atoms with Crippen LogP contribution in [0.5, 0.6) is 0 Å². The standard InChI is InChI=1S/C16H18BrN3O3S/c1-3-23-15(22)13-9(2)19-16(24-8-12(18)21)20-14(13)10-5-4-6-11(17)7-10/h4-7,14H,3,8H2,1-2H3,(H2,18,21)(H,19,20)/t14-/m1/s1. The Balaban J connectivity index is 2.40. The number of amides is 1. The number of amidine groups is 1. The fourth-order valence-corrected chi connectivity index (χ4v) is 3.35. The largest absolute Gasteiger partial charge is 0.463 e. The van der Waals surface area contributed by atoms with Crippen molar-refractivity contribution in [3.05, 3.63) is 45.6 Å². The Kier molecular flexibility index (Phi) is 6.44. The lowest BCUT2D eigenvalue weighted by Gasteiger charge is -2.25. The van der Waals surface area contributed by atoms with Gasteiger partial charge in [0.05, 0.1) is 17.9 Å². The van der Waals surface area contributed by atoms with E-state index in [-0.39, 0.29) is 12.4 Å². The van der Waals surface area contributed by atoms with Crippen molar-refractivity contribution in [1.82, 2.24) is 5.32 Å². The summed E-state index contributed by atoms with van der Waals surface area (Å²) >= 11 is 4.64. The van der Waals surface area contributed by atoms with Crippen LogP contribution in [0.1, 0.15) is 25.5 Å². The summed E-state index contributed by atoms with van der Waals surface area (Å²) in [5.41, 5.74) is 7.15. The highest BCUT2D eigenvalue weighted by atomic mass is 79.9. The molecule has 1 aromatic carbocycles. The highest BCUT2D eigenvalue weighted by molar-refractivity contribution is 9.10. The fraction of sp³-hybridized carbons (Fsp3) is 0.312. The van der Waals surface area contributed by atoms with Crippen molar-refractivity contribution in [1.29, 1.82) is 0 Å². The number of carbonyl (C=O) groups is 2. The van der Waals surface area contributed by atoms with Gasteiger partial charge in [-0.25, -0.2) is 9.79 Å². The molecule has 0 radical (unpaired) electrons. The molecule has 2 rings (SSSR count). The molecule has 0 spiro atoms. The number of hydrogen-bond donors (Lipinski definition) is 2. The molecule has 128 valence electrons. The minimum atomic E-state index is -0.502. The van der Waals surface area contributed by atoms with Crippen molar-refractivity contribution in [2.75, 3.05) is 12.4 Å². The average molecular weight is 412 g/mol. The van der Waals surface area contributed by atoms with Crippen molar-refractivity contribution in [2.45, 2.75) is 19.9 Å². The van der Waals surface area contributed by atoms with Crippen molar-refractivity contribution in [3.8, 4) is 0 Å². The predicted molar refractivity (Wildman–Crippen MR) is 98.4 cm³/mol. The van der Waals surface area contributed by atoms with Gasteiger partial charge in [-0.1, -0.05) is 39.8 Å². The van der Waals surface area contributed by atoms with Crippen LogP contribution in [-0.4, -0.2) is 29.4 Å². The highest BCUT2D eigenvalue weighted by Gasteiger charge is 2.30. The zero-order chi connectivity index (χ0) is 17.7. The van der Waals surface area contributed by atoms with Gasteiger partial charge < -0.3 is 15.8 Å². The molecule has 1 aromatic rings. The number of hydrogen-bond acceptors (Lipinski definition) is 6. The van der Waals surface area contributed by atoms with Gasteiger partial charge in [-0.3, -0.25) is 4.79 Å². The SMILES string of the molecule is CCOC(=O)C1=C(C)NC(SCC(N)=O)=N[C@@H]1c1cccc(Br)c1. The summed E-state index contributed by atoms with van der Waals surface area (Å²) in [5, 5.41) is 3.59. The molecule has 0 saturated heterocycles. The number of nitrogens with zero attached hydrogens (tertiary/aromatic N) is 1. The summed E-state index contributed by atoms with van der Waals surface area (Å²) in [6.45, 7) is 3.83. The Hall–Kier alpha value is -1.80. The summed E-state index contributed by atoms with van der Waals surface area (Å²) in [6, 6.07) is 7.08. The van der Waals surface area contributed by atoms with Crippen LogP contribution >= 0.6 is 27.7 Å². The van der Waals surface area contributed by atoms with E-state index in [0.29, 0.717) is 16.4 Å². The quantitative estimate of drug-likeness (QED) is 0.725. The van der Waals surface area contributed by atoms with E-state index in [1.165, 1.54) is 11.8 Å². The number of nitrogens with one attached hydrogen (secondary N) is 1. The number of esters is 1. The number of ether oxygens (including phenoxy) is 1. The van der Waals surface area contributed by atoms with Crippen LogP contribution in [0.25, 0.3) is 0 Å². The van der Waals surface area contributed by atoms with Crippen LogP contribution in [0.2, 0.25) is 0 Å². The maximum atomic E-state index is 12.4. The molecule has 0 unspecified atom stereocenters. The van der Waals surface area contributed by atoms with E-state index in [1.807, 2.05) is 24.3 Å². The summed E-state index contributed by atoms with van der Waals surface area (Å²) < 4.78 is 6.06. The van der Waals surface area contributed by atoms with Gasteiger partial charge in [-0.15, -0.1) is 0 Å². The highest BCUT2D eigenvalue weighted by Crippen LogP contribution is 2.33. The number of aliphatic imine (C=N–C) groups is 1. The molecule has 1 aliphatic rings. The van der Waals surface area contributed by atoms with Gasteiger partial charge in [0.25, 0.3) is 0 Å². The van der Waals surface area contributed by atoms with Crippen LogP contribution < -0.4 is 11.1 Å². The number of carbonyl (C=O) groups excluding carboxylic acids is 2. The van der Waals surface area contributed by atoms with Gasteiger partial charge in [0.15, 0.2) is 5.17 Å². The van der Waals surface area contributed by atoms with Crippen molar-refractivity contribution in [2.24, 2.45) is 10.7 Å². The molecule has 1 aliphatic heterocycles. The molecule has 0 fully saturated rings. The predicted octanol–water partition coefficient (Wildman–Crippen LogP) is 2.51. The zero-order valence-corrected chi connectivity index (χ0v) is 15.7. The Morgan fingerprint density at radius 1 is 1.46 bits per heavy atom. The molecule has 0 aliphatic carbocycles. The van der Waals surface area contributed by atoms with Crippen molar-refractivity contribution < 1.29 is 14.3 Å². The first-order chi connectivity index (χ1) is 11.4. The lowest BCUT2D eigenvalue weighted by atomic mass is 9.97. The van der Waals surface area contributed by atoms with Crippen LogP contribution in [0.3, 0.4) is 0 Å². The second-order valence-electron chi connectivity index (χ2n) is 5.03. The van der Waals surface area contributed by atoms with Gasteiger partial charge in [-0.2, -0.15) is 0 Å². The normalized spacial score (nSPS) is 17.1. The molecule has 6 nitrogen and oxygen atoms in total. The third-order valence-corrected chi connectivity index (χ3v) is 4.63. The van der Waals surface area contributed by atoms with Gasteiger partial charge in [0, 0.05) is 10.2 Å². The molecule has 0 aromatic heterocycles. The Bertz CT molecular complexity index is 718. The molecular weight excluding hydrogens is 394 g/mol. The van der Waals surface area contributed by atoms with Gasteiger partial charge in [0.1, 0.15) is 6.04 Å². The van der Waals surface area contributed by atoms with E-state index in [4.69, 9.17) is 10.5 Å². The Labute approximate surface area is 153 Å². The number of rotatable bonds is 5. The van der Waals surface area contributed by atoms with Crippen molar-refractivity contribution in [3.63, 3.8) is 0 Å². The van der Waals surface area contributed by atoms with E-state index in [9.17, 15) is 9.59 Å². The molecule has 1 atom stereocenters. The molecule has 8 heteroatoms.